The van der Waals surface area contributed by atoms with Crippen LogP contribution >= 0.6 is 0 Å². The molecule has 0 aliphatic rings. The number of benzene rings is 1. The van der Waals surface area contributed by atoms with Crippen LogP contribution in [0.4, 0.5) is 5.69 Å². The van der Waals surface area contributed by atoms with Crippen LogP contribution in [0.3, 0.4) is 0 Å². The molecular formula is C17H24N2O2. The van der Waals surface area contributed by atoms with Crippen LogP contribution in [0.1, 0.15) is 32.1 Å². The average molecular weight is 288 g/mol. The van der Waals surface area contributed by atoms with Crippen LogP contribution in [0.15, 0.2) is 30.5 Å². The van der Waals surface area contributed by atoms with E-state index in [0.29, 0.717) is 6.61 Å². The van der Waals surface area contributed by atoms with Crippen molar-refractivity contribution < 1.29 is 9.84 Å². The fraction of sp³-hybridized carbons (Fsp3) is 0.471. The van der Waals surface area contributed by atoms with E-state index in [0.717, 1.165) is 48.1 Å². The van der Waals surface area contributed by atoms with Crippen molar-refractivity contribution in [2.75, 3.05) is 25.6 Å². The summed E-state index contributed by atoms with van der Waals surface area (Å²) < 4.78 is 5.23. The highest BCUT2D eigenvalue weighted by atomic mass is 16.5. The Morgan fingerprint density at radius 2 is 1.90 bits per heavy atom. The van der Waals surface area contributed by atoms with E-state index in [4.69, 9.17) is 9.84 Å². The molecule has 4 nitrogen and oxygen atoms in total. The highest BCUT2D eigenvalue weighted by molar-refractivity contribution is 5.91. The van der Waals surface area contributed by atoms with Crippen LogP contribution < -0.4 is 10.1 Å². The molecular weight excluding hydrogens is 264 g/mol. The highest BCUT2D eigenvalue weighted by Crippen LogP contribution is 2.25. The van der Waals surface area contributed by atoms with Crippen molar-refractivity contribution in [2.24, 2.45) is 0 Å². The number of anilines is 1. The van der Waals surface area contributed by atoms with Crippen LogP contribution in [0.5, 0.6) is 5.75 Å². The summed E-state index contributed by atoms with van der Waals surface area (Å²) in [4.78, 5) is 4.38. The van der Waals surface area contributed by atoms with Gasteiger partial charge >= 0.3 is 0 Å². The van der Waals surface area contributed by atoms with Gasteiger partial charge in [0.05, 0.1) is 12.6 Å². The summed E-state index contributed by atoms with van der Waals surface area (Å²) in [6.07, 6.45) is 7.40. The first-order valence-corrected chi connectivity index (χ1v) is 7.62. The molecule has 0 bridgehead atoms. The van der Waals surface area contributed by atoms with Gasteiger partial charge in [0.1, 0.15) is 5.75 Å². The van der Waals surface area contributed by atoms with Crippen LogP contribution in [0.25, 0.3) is 10.9 Å². The van der Waals surface area contributed by atoms with Crippen molar-refractivity contribution in [3.05, 3.63) is 30.5 Å². The van der Waals surface area contributed by atoms with E-state index in [1.165, 1.54) is 12.8 Å². The molecule has 0 aliphatic carbocycles. The number of nitrogens with one attached hydrogen (secondary N) is 1. The fourth-order valence-corrected chi connectivity index (χ4v) is 2.40. The molecule has 0 aliphatic heterocycles. The molecule has 0 saturated heterocycles. The first-order chi connectivity index (χ1) is 10.3. The van der Waals surface area contributed by atoms with E-state index in [1.807, 2.05) is 30.5 Å². The van der Waals surface area contributed by atoms with E-state index in [-0.39, 0.29) is 0 Å². The zero-order valence-corrected chi connectivity index (χ0v) is 12.6. The number of methoxy groups -OCH3 is 1. The van der Waals surface area contributed by atoms with Crippen molar-refractivity contribution in [3.63, 3.8) is 0 Å². The third-order valence-corrected chi connectivity index (χ3v) is 3.60. The smallest absolute Gasteiger partial charge is 0.121 e. The molecule has 0 saturated carbocycles. The molecule has 0 amide bonds. The second-order valence-corrected chi connectivity index (χ2v) is 5.16. The van der Waals surface area contributed by atoms with E-state index in [9.17, 15) is 0 Å². The Kier molecular flexibility index (Phi) is 6.28. The Bertz CT molecular complexity index is 557. The van der Waals surface area contributed by atoms with Gasteiger partial charge in [0, 0.05) is 36.5 Å². The molecule has 0 unspecified atom stereocenters. The Morgan fingerprint density at radius 3 is 2.71 bits per heavy atom. The van der Waals surface area contributed by atoms with Gasteiger partial charge in [0.15, 0.2) is 0 Å². The highest BCUT2D eigenvalue weighted by Gasteiger charge is 2.03. The summed E-state index contributed by atoms with van der Waals surface area (Å²) in [6.45, 7) is 1.27. The number of hydrogen-bond donors (Lipinski definition) is 2. The molecule has 1 heterocycles. The minimum absolute atomic E-state index is 0.310. The average Bonchev–Trinajstić information content (AvgIpc) is 2.53. The first kappa shape index (κ1) is 15.6. The van der Waals surface area contributed by atoms with Gasteiger partial charge in [-0.3, -0.25) is 4.98 Å². The summed E-state index contributed by atoms with van der Waals surface area (Å²) in [5, 5.41) is 13.3. The number of hydrogen-bond acceptors (Lipinski definition) is 4. The van der Waals surface area contributed by atoms with Crippen molar-refractivity contribution in [2.45, 2.75) is 32.1 Å². The zero-order valence-electron chi connectivity index (χ0n) is 12.6. The Hall–Kier alpha value is -1.81. The summed E-state index contributed by atoms with van der Waals surface area (Å²) in [7, 11) is 1.67. The summed E-state index contributed by atoms with van der Waals surface area (Å²) in [5.41, 5.74) is 2.07. The van der Waals surface area contributed by atoms with Gasteiger partial charge in [0.2, 0.25) is 0 Å². The number of nitrogens with zero attached hydrogens (tertiary/aromatic N) is 1. The van der Waals surface area contributed by atoms with Crippen molar-refractivity contribution in [3.8, 4) is 5.75 Å². The number of fused-ring (bicyclic) bond motifs is 1. The lowest BCUT2D eigenvalue weighted by Crippen LogP contribution is -2.02. The summed E-state index contributed by atoms with van der Waals surface area (Å²) >= 11 is 0. The number of rotatable bonds is 9. The number of aliphatic hydroxyl groups is 1. The van der Waals surface area contributed by atoms with E-state index in [2.05, 4.69) is 10.3 Å². The lowest BCUT2D eigenvalue weighted by molar-refractivity contribution is 0.282. The maximum Gasteiger partial charge on any atom is 0.121 e. The fourth-order valence-electron chi connectivity index (χ4n) is 2.40. The van der Waals surface area contributed by atoms with Gasteiger partial charge < -0.3 is 15.2 Å². The summed E-state index contributed by atoms with van der Waals surface area (Å²) in [6, 6.07) is 7.98. The standard InChI is InChI=1S/C17H24N2O2/c1-21-14-7-8-15-16(9-11-19-17(15)13-14)18-10-5-3-2-4-6-12-20/h7-9,11,13,20H,2-6,10,12H2,1H3,(H,18,19). The molecule has 0 spiro atoms. The van der Waals surface area contributed by atoms with Gasteiger partial charge in [-0.15, -0.1) is 0 Å². The topological polar surface area (TPSA) is 54.4 Å². The molecule has 1 aromatic carbocycles. The first-order valence-electron chi connectivity index (χ1n) is 7.62. The molecule has 2 N–H and O–H groups in total. The van der Waals surface area contributed by atoms with Crippen molar-refractivity contribution in [1.82, 2.24) is 4.98 Å². The van der Waals surface area contributed by atoms with E-state index < -0.39 is 0 Å². The number of pyridine rings is 1. The molecule has 1 aromatic heterocycles. The van der Waals surface area contributed by atoms with Crippen molar-refractivity contribution >= 4 is 16.6 Å². The lowest BCUT2D eigenvalue weighted by Gasteiger charge is -2.10. The molecule has 114 valence electrons. The maximum absolute atomic E-state index is 8.73. The quantitative estimate of drug-likeness (QED) is 0.692. The van der Waals surface area contributed by atoms with E-state index in [1.54, 1.807) is 7.11 Å². The Balaban J connectivity index is 1.87. The molecule has 4 heteroatoms. The molecule has 2 aromatic rings. The third kappa shape index (κ3) is 4.60. The second-order valence-electron chi connectivity index (χ2n) is 5.16. The van der Waals surface area contributed by atoms with Crippen LogP contribution in [0.2, 0.25) is 0 Å². The number of aliphatic hydroxyl groups excluding tert-OH is 1. The molecule has 0 atom stereocenters. The van der Waals surface area contributed by atoms with E-state index >= 15 is 0 Å². The van der Waals surface area contributed by atoms with Crippen LogP contribution in [-0.4, -0.2) is 30.4 Å². The minimum Gasteiger partial charge on any atom is -0.497 e. The Morgan fingerprint density at radius 1 is 1.10 bits per heavy atom. The maximum atomic E-state index is 8.73. The van der Waals surface area contributed by atoms with Crippen LogP contribution in [0, 0.1) is 0 Å². The predicted molar refractivity (Wildman–Crippen MR) is 87.0 cm³/mol. The van der Waals surface area contributed by atoms with Gasteiger partial charge in [-0.05, 0) is 31.0 Å². The number of aromatic nitrogens is 1. The normalized spacial score (nSPS) is 10.8. The number of unbranched alkanes of at least 4 members (excludes halogenated alkanes) is 4. The van der Waals surface area contributed by atoms with Gasteiger partial charge in [-0.2, -0.15) is 0 Å². The zero-order chi connectivity index (χ0) is 14.9. The van der Waals surface area contributed by atoms with Gasteiger partial charge in [0.25, 0.3) is 0 Å². The number of ether oxygens (including phenoxy) is 1. The lowest BCUT2D eigenvalue weighted by atomic mass is 10.1. The monoisotopic (exact) mass is 288 g/mol. The molecule has 2 rings (SSSR count). The predicted octanol–water partition coefficient (Wildman–Crippen LogP) is 3.60. The van der Waals surface area contributed by atoms with Crippen molar-refractivity contribution in [1.29, 1.82) is 0 Å². The van der Waals surface area contributed by atoms with Crippen LogP contribution in [-0.2, 0) is 0 Å². The van der Waals surface area contributed by atoms with Gasteiger partial charge in [-0.1, -0.05) is 19.3 Å². The second kappa shape index (κ2) is 8.47. The summed E-state index contributed by atoms with van der Waals surface area (Å²) in [5.74, 6) is 0.830. The third-order valence-electron chi connectivity index (χ3n) is 3.60. The van der Waals surface area contributed by atoms with Gasteiger partial charge in [-0.25, -0.2) is 0 Å². The Labute approximate surface area is 126 Å². The molecule has 21 heavy (non-hydrogen) atoms. The molecule has 0 radical (unpaired) electrons. The largest absolute Gasteiger partial charge is 0.497 e. The SMILES string of the molecule is COc1ccc2c(NCCCCCCCO)ccnc2c1. The minimum atomic E-state index is 0.310. The molecule has 0 fully saturated rings.